The lowest BCUT2D eigenvalue weighted by molar-refractivity contribution is -0.126. The third-order valence-electron chi connectivity index (χ3n) is 5.45. The fraction of sp³-hybridized carbons (Fsp3) is 0.706. The van der Waals surface area contributed by atoms with Gasteiger partial charge in [-0.1, -0.05) is 25.7 Å². The number of carbonyl (C=O) groups excluding carboxylic acids is 1. The molecular weight excluding hydrogens is 318 g/mol. The Balaban J connectivity index is 1.32. The van der Waals surface area contributed by atoms with Crippen molar-refractivity contribution in [3.8, 4) is 0 Å². The van der Waals surface area contributed by atoms with Gasteiger partial charge in [0.2, 0.25) is 5.91 Å². The van der Waals surface area contributed by atoms with Gasteiger partial charge in [0, 0.05) is 25.0 Å². The summed E-state index contributed by atoms with van der Waals surface area (Å²) < 4.78 is 1.44. The summed E-state index contributed by atoms with van der Waals surface area (Å²) in [4.78, 5) is 14.8. The predicted molar refractivity (Wildman–Crippen MR) is 93.1 cm³/mol. The first kappa shape index (κ1) is 16.2. The average molecular weight is 343 g/mol. The molecule has 0 aromatic carbocycles. The molecule has 1 N–H and O–H groups in total. The average Bonchev–Trinajstić information content (AvgIpc) is 2.97. The Morgan fingerprint density at radius 3 is 2.56 bits per heavy atom. The molecule has 2 fully saturated rings. The number of hydrogen-bond donors (Lipinski definition) is 1. The maximum Gasteiger partial charge on any atom is 0.223 e. The van der Waals surface area contributed by atoms with Crippen LogP contribution in [-0.2, 0) is 4.79 Å². The molecule has 2 aliphatic rings. The fourth-order valence-electron chi connectivity index (χ4n) is 3.92. The number of nitrogens with one attached hydrogen (secondary N) is 1. The number of piperidine rings is 1. The fourth-order valence-corrected chi connectivity index (χ4v) is 3.92. The summed E-state index contributed by atoms with van der Waals surface area (Å²) in [6.45, 7) is 1.67. The lowest BCUT2D eigenvalue weighted by Gasteiger charge is -2.32. The Morgan fingerprint density at radius 1 is 1.04 bits per heavy atom. The number of aromatic nitrogens is 5. The van der Waals surface area contributed by atoms with E-state index in [9.17, 15) is 4.79 Å². The number of nitrogens with zero attached hydrogens (tertiary/aromatic N) is 6. The Kier molecular flexibility index (Phi) is 4.76. The molecule has 2 aromatic rings. The number of anilines is 1. The molecule has 0 atom stereocenters. The van der Waals surface area contributed by atoms with Gasteiger partial charge in [0.15, 0.2) is 11.5 Å². The van der Waals surface area contributed by atoms with Gasteiger partial charge in [0.1, 0.15) is 0 Å². The highest BCUT2D eigenvalue weighted by Gasteiger charge is 2.27. The highest BCUT2D eigenvalue weighted by molar-refractivity contribution is 5.79. The molecule has 1 amide bonds. The van der Waals surface area contributed by atoms with Crippen LogP contribution >= 0.6 is 0 Å². The Labute approximate surface area is 147 Å². The van der Waals surface area contributed by atoms with E-state index in [1.54, 1.807) is 0 Å². The van der Waals surface area contributed by atoms with E-state index >= 15 is 0 Å². The van der Waals surface area contributed by atoms with Gasteiger partial charge in [-0.05, 0) is 48.2 Å². The summed E-state index contributed by atoms with van der Waals surface area (Å²) in [6.07, 6.45) is 9.12. The van der Waals surface area contributed by atoms with Gasteiger partial charge in [0.05, 0.1) is 0 Å². The number of rotatable bonds is 3. The van der Waals surface area contributed by atoms with Crippen molar-refractivity contribution in [3.05, 3.63) is 12.1 Å². The zero-order valence-electron chi connectivity index (χ0n) is 14.5. The molecule has 8 nitrogen and oxygen atoms in total. The van der Waals surface area contributed by atoms with Crippen LogP contribution in [-0.4, -0.2) is 50.3 Å². The molecule has 1 saturated carbocycles. The zero-order chi connectivity index (χ0) is 17.1. The van der Waals surface area contributed by atoms with Crippen molar-refractivity contribution in [1.82, 2.24) is 30.6 Å². The normalized spacial score (nSPS) is 20.6. The van der Waals surface area contributed by atoms with Crippen molar-refractivity contribution in [2.75, 3.05) is 18.0 Å². The number of tetrazole rings is 1. The molecule has 0 radical (unpaired) electrons. The Hall–Kier alpha value is -2.25. The first-order chi connectivity index (χ1) is 12.3. The van der Waals surface area contributed by atoms with Gasteiger partial charge in [-0.3, -0.25) is 4.79 Å². The first-order valence-corrected chi connectivity index (χ1v) is 9.40. The Morgan fingerprint density at radius 2 is 1.80 bits per heavy atom. The van der Waals surface area contributed by atoms with E-state index in [2.05, 4.69) is 30.8 Å². The minimum atomic E-state index is 0.122. The lowest BCUT2D eigenvalue weighted by atomic mass is 9.95. The van der Waals surface area contributed by atoms with Crippen molar-refractivity contribution in [2.45, 2.75) is 57.4 Å². The van der Waals surface area contributed by atoms with Gasteiger partial charge in [-0.25, -0.2) is 0 Å². The molecule has 8 heteroatoms. The zero-order valence-corrected chi connectivity index (χ0v) is 14.5. The summed E-state index contributed by atoms with van der Waals surface area (Å²) >= 11 is 0. The highest BCUT2D eigenvalue weighted by Crippen LogP contribution is 2.23. The number of fused-ring (bicyclic) bond motifs is 1. The maximum absolute atomic E-state index is 12.6. The molecule has 3 heterocycles. The second-order valence-electron chi connectivity index (χ2n) is 7.18. The van der Waals surface area contributed by atoms with Crippen LogP contribution in [0, 0.1) is 5.92 Å². The van der Waals surface area contributed by atoms with Crippen molar-refractivity contribution < 1.29 is 4.79 Å². The summed E-state index contributed by atoms with van der Waals surface area (Å²) in [7, 11) is 0. The molecule has 25 heavy (non-hydrogen) atoms. The van der Waals surface area contributed by atoms with Crippen LogP contribution in [0.1, 0.15) is 51.4 Å². The summed E-state index contributed by atoms with van der Waals surface area (Å²) in [5.41, 5.74) is 0.640. The van der Waals surface area contributed by atoms with E-state index < -0.39 is 0 Å². The molecule has 0 spiro atoms. The van der Waals surface area contributed by atoms with Gasteiger partial charge in [0.25, 0.3) is 0 Å². The molecule has 1 aliphatic heterocycles. The van der Waals surface area contributed by atoms with Crippen LogP contribution in [0.2, 0.25) is 0 Å². The van der Waals surface area contributed by atoms with Gasteiger partial charge in [-0.15, -0.1) is 14.8 Å². The molecule has 2 aromatic heterocycles. The lowest BCUT2D eigenvalue weighted by Crippen LogP contribution is -2.44. The Bertz CT molecular complexity index is 715. The first-order valence-electron chi connectivity index (χ1n) is 9.40. The van der Waals surface area contributed by atoms with E-state index in [1.165, 1.54) is 30.3 Å². The van der Waals surface area contributed by atoms with Crippen LogP contribution in [0.25, 0.3) is 5.65 Å². The summed E-state index contributed by atoms with van der Waals surface area (Å²) in [5.74, 6) is 1.23. The van der Waals surface area contributed by atoms with E-state index in [0.717, 1.165) is 44.6 Å². The van der Waals surface area contributed by atoms with E-state index in [0.29, 0.717) is 11.7 Å². The van der Waals surface area contributed by atoms with E-state index in [-0.39, 0.29) is 11.8 Å². The van der Waals surface area contributed by atoms with Crippen LogP contribution in [0.3, 0.4) is 0 Å². The molecule has 4 rings (SSSR count). The number of hydrogen-bond acceptors (Lipinski definition) is 6. The number of amides is 1. The van der Waals surface area contributed by atoms with Crippen LogP contribution in [0.4, 0.5) is 5.82 Å². The molecule has 1 saturated heterocycles. The minimum absolute atomic E-state index is 0.122. The predicted octanol–water partition coefficient (Wildman–Crippen LogP) is 1.57. The SMILES string of the molecule is O=C(NC1CCCCCC1)C1CCN(c2ccc3nnnn3n2)CC1. The van der Waals surface area contributed by atoms with Gasteiger partial charge in [-0.2, -0.15) is 0 Å². The summed E-state index contributed by atoms with van der Waals surface area (Å²) in [5, 5.41) is 19.1. The van der Waals surface area contributed by atoms with Crippen LogP contribution in [0.5, 0.6) is 0 Å². The smallest absolute Gasteiger partial charge is 0.223 e. The van der Waals surface area contributed by atoms with Gasteiger partial charge < -0.3 is 10.2 Å². The maximum atomic E-state index is 12.6. The number of carbonyl (C=O) groups is 1. The standard InChI is InChI=1S/C17H25N7O/c25-17(18-14-5-3-1-2-4-6-14)13-9-11-23(12-10-13)16-8-7-15-19-21-22-24(15)20-16/h7-8,13-14H,1-6,9-12H2,(H,18,25). The topological polar surface area (TPSA) is 88.3 Å². The quantitative estimate of drug-likeness (QED) is 0.851. The third kappa shape index (κ3) is 3.72. The molecule has 1 aliphatic carbocycles. The molecule has 0 bridgehead atoms. The van der Waals surface area contributed by atoms with Crippen LogP contribution in [0.15, 0.2) is 12.1 Å². The van der Waals surface area contributed by atoms with Crippen LogP contribution < -0.4 is 10.2 Å². The van der Waals surface area contributed by atoms with Crippen molar-refractivity contribution in [2.24, 2.45) is 5.92 Å². The second kappa shape index (κ2) is 7.33. The van der Waals surface area contributed by atoms with Crippen molar-refractivity contribution in [3.63, 3.8) is 0 Å². The third-order valence-corrected chi connectivity index (χ3v) is 5.45. The monoisotopic (exact) mass is 343 g/mol. The van der Waals surface area contributed by atoms with Gasteiger partial charge >= 0.3 is 0 Å². The minimum Gasteiger partial charge on any atom is -0.355 e. The van der Waals surface area contributed by atoms with E-state index in [1.807, 2.05) is 12.1 Å². The molecular formula is C17H25N7O. The van der Waals surface area contributed by atoms with E-state index in [4.69, 9.17) is 0 Å². The van der Waals surface area contributed by atoms with Crippen molar-refractivity contribution >= 4 is 17.4 Å². The van der Waals surface area contributed by atoms with Crippen molar-refractivity contribution in [1.29, 1.82) is 0 Å². The molecule has 134 valence electrons. The highest BCUT2D eigenvalue weighted by atomic mass is 16.1. The largest absolute Gasteiger partial charge is 0.355 e. The summed E-state index contributed by atoms with van der Waals surface area (Å²) in [6, 6.07) is 4.20. The second-order valence-corrected chi connectivity index (χ2v) is 7.18. The molecule has 0 unspecified atom stereocenters.